The molecule has 7 nitrogen and oxygen atoms in total. The molecule has 0 radical (unpaired) electrons. The van der Waals surface area contributed by atoms with Crippen molar-refractivity contribution in [2.45, 2.75) is 23.1 Å². The summed E-state index contributed by atoms with van der Waals surface area (Å²) < 4.78 is 31.0. The van der Waals surface area contributed by atoms with Crippen molar-refractivity contribution in [3.63, 3.8) is 0 Å². The van der Waals surface area contributed by atoms with Crippen LogP contribution < -0.4 is 5.32 Å². The number of hydrogen-bond acceptors (Lipinski definition) is 6. The Hall–Kier alpha value is -3.78. The number of carbonyl (C=O) groups is 3. The number of ether oxygens (including phenoxy) is 1. The molecule has 3 aromatic rings. The lowest BCUT2D eigenvalue weighted by atomic mass is 10.0. The Morgan fingerprint density at radius 3 is 2.44 bits per heavy atom. The van der Waals surface area contributed by atoms with Gasteiger partial charge in [0.1, 0.15) is 0 Å². The number of anilines is 1. The molecule has 0 saturated carbocycles. The number of esters is 1. The van der Waals surface area contributed by atoms with Crippen molar-refractivity contribution in [3.05, 3.63) is 89.0 Å². The van der Waals surface area contributed by atoms with E-state index < -0.39 is 34.1 Å². The van der Waals surface area contributed by atoms with Gasteiger partial charge >= 0.3 is 5.97 Å². The van der Waals surface area contributed by atoms with Crippen molar-refractivity contribution in [1.82, 2.24) is 0 Å². The molecule has 0 bridgehead atoms. The third-order valence-electron chi connectivity index (χ3n) is 5.13. The summed E-state index contributed by atoms with van der Waals surface area (Å²) in [7, 11) is -3.98. The van der Waals surface area contributed by atoms with Crippen LogP contribution in [0.3, 0.4) is 0 Å². The van der Waals surface area contributed by atoms with Gasteiger partial charge < -0.3 is 10.1 Å². The van der Waals surface area contributed by atoms with Gasteiger partial charge in [0, 0.05) is 16.8 Å². The molecule has 1 N–H and O–H groups in total. The van der Waals surface area contributed by atoms with E-state index in [-0.39, 0.29) is 26.5 Å². The van der Waals surface area contributed by atoms with E-state index in [2.05, 4.69) is 5.32 Å². The predicted octanol–water partition coefficient (Wildman–Crippen LogP) is 3.42. The van der Waals surface area contributed by atoms with Crippen LogP contribution in [0.15, 0.2) is 76.5 Å². The number of aryl methyl sites for hydroxylation is 1. The van der Waals surface area contributed by atoms with Crippen LogP contribution in [0.4, 0.5) is 5.69 Å². The normalized spacial score (nSPS) is 13.6. The summed E-state index contributed by atoms with van der Waals surface area (Å²) in [5.74, 6) is -1.83. The minimum absolute atomic E-state index is 0.00574. The molecule has 1 amide bonds. The first-order valence-corrected chi connectivity index (χ1v) is 11.4. The third-order valence-corrected chi connectivity index (χ3v) is 6.98. The summed E-state index contributed by atoms with van der Waals surface area (Å²) >= 11 is 0. The lowest BCUT2D eigenvalue weighted by Gasteiger charge is -2.19. The van der Waals surface area contributed by atoms with E-state index in [1.807, 2.05) is 25.1 Å². The van der Waals surface area contributed by atoms with Crippen LogP contribution in [0.5, 0.6) is 0 Å². The van der Waals surface area contributed by atoms with Gasteiger partial charge in [-0.1, -0.05) is 31.2 Å². The molecular weight excluding hydrogens is 430 g/mol. The van der Waals surface area contributed by atoms with E-state index in [9.17, 15) is 22.8 Å². The Bertz CT molecular complexity index is 1360. The zero-order chi connectivity index (χ0) is 22.9. The third kappa shape index (κ3) is 3.92. The zero-order valence-electron chi connectivity index (χ0n) is 17.1. The SMILES string of the molecule is CCc1cccc(NC(=O)COC(=O)c2ccc3c(c2)S(=O)(=O)c2ccccc2C3=O)c1. The second kappa shape index (κ2) is 8.39. The average molecular weight is 449 g/mol. The molecule has 0 spiro atoms. The van der Waals surface area contributed by atoms with Crippen molar-refractivity contribution in [1.29, 1.82) is 0 Å². The molecule has 8 heteroatoms. The summed E-state index contributed by atoms with van der Waals surface area (Å²) in [6.07, 6.45) is 0.812. The first-order chi connectivity index (χ1) is 15.3. The van der Waals surface area contributed by atoms with E-state index in [1.54, 1.807) is 12.1 Å². The summed E-state index contributed by atoms with van der Waals surface area (Å²) in [6.45, 7) is 1.45. The Balaban J connectivity index is 1.50. The maximum Gasteiger partial charge on any atom is 0.338 e. The van der Waals surface area contributed by atoms with Gasteiger partial charge in [0.25, 0.3) is 5.91 Å². The number of benzene rings is 3. The van der Waals surface area contributed by atoms with Crippen molar-refractivity contribution in [2.24, 2.45) is 0 Å². The van der Waals surface area contributed by atoms with Crippen LogP contribution in [0.25, 0.3) is 0 Å². The number of ketones is 1. The second-order valence-corrected chi connectivity index (χ2v) is 9.10. The Kier molecular flexibility index (Phi) is 5.63. The highest BCUT2D eigenvalue weighted by Crippen LogP contribution is 2.34. The molecule has 1 aliphatic rings. The van der Waals surface area contributed by atoms with Crippen molar-refractivity contribution >= 4 is 33.2 Å². The Morgan fingerprint density at radius 1 is 0.906 bits per heavy atom. The zero-order valence-corrected chi connectivity index (χ0v) is 17.9. The van der Waals surface area contributed by atoms with E-state index in [4.69, 9.17) is 4.74 Å². The number of fused-ring (bicyclic) bond motifs is 2. The molecule has 0 unspecified atom stereocenters. The highest BCUT2D eigenvalue weighted by atomic mass is 32.2. The van der Waals surface area contributed by atoms with Crippen molar-refractivity contribution in [3.8, 4) is 0 Å². The van der Waals surface area contributed by atoms with Crippen LogP contribution >= 0.6 is 0 Å². The van der Waals surface area contributed by atoms with Gasteiger partial charge in [0.2, 0.25) is 9.84 Å². The van der Waals surface area contributed by atoms with Crippen molar-refractivity contribution in [2.75, 3.05) is 11.9 Å². The van der Waals surface area contributed by atoms with Gasteiger partial charge in [-0.3, -0.25) is 9.59 Å². The van der Waals surface area contributed by atoms with Crippen LogP contribution in [0, 0.1) is 0 Å². The molecule has 1 aliphatic heterocycles. The fourth-order valence-corrected chi connectivity index (χ4v) is 5.17. The van der Waals surface area contributed by atoms with Crippen LogP contribution in [0.1, 0.15) is 38.8 Å². The maximum atomic E-state index is 13.0. The standard InChI is InChI=1S/C24H19NO6S/c1-2-15-6-5-7-17(12-15)25-22(26)14-31-24(28)16-10-11-19-21(13-16)32(29,30)20-9-4-3-8-18(20)23(19)27/h3-13H,2,14H2,1H3,(H,25,26). The fourth-order valence-electron chi connectivity index (χ4n) is 3.49. The van der Waals surface area contributed by atoms with Gasteiger partial charge in [-0.15, -0.1) is 0 Å². The lowest BCUT2D eigenvalue weighted by Crippen LogP contribution is -2.23. The molecule has 32 heavy (non-hydrogen) atoms. The fraction of sp³-hybridized carbons (Fsp3) is 0.125. The summed E-state index contributed by atoms with van der Waals surface area (Å²) in [4.78, 5) is 36.9. The van der Waals surface area contributed by atoms with Crippen LogP contribution in [-0.4, -0.2) is 32.7 Å². The second-order valence-electron chi connectivity index (χ2n) is 7.22. The highest BCUT2D eigenvalue weighted by molar-refractivity contribution is 7.91. The minimum atomic E-state index is -3.98. The molecule has 0 saturated heterocycles. The first kappa shape index (κ1) is 21.5. The molecule has 162 valence electrons. The Labute approximate surface area is 185 Å². The number of nitrogens with one attached hydrogen (secondary N) is 1. The molecule has 4 rings (SSSR count). The van der Waals surface area contributed by atoms with E-state index in [0.29, 0.717) is 5.69 Å². The predicted molar refractivity (Wildman–Crippen MR) is 117 cm³/mol. The molecule has 0 fully saturated rings. The van der Waals surface area contributed by atoms with Gasteiger partial charge in [-0.2, -0.15) is 0 Å². The van der Waals surface area contributed by atoms with E-state index in [1.165, 1.54) is 30.3 Å². The molecule has 3 aromatic carbocycles. The molecule has 1 heterocycles. The first-order valence-electron chi connectivity index (χ1n) is 9.90. The van der Waals surface area contributed by atoms with Crippen molar-refractivity contribution < 1.29 is 27.5 Å². The smallest absolute Gasteiger partial charge is 0.338 e. The summed E-state index contributed by atoms with van der Waals surface area (Å²) in [5.41, 5.74) is 1.65. The maximum absolute atomic E-state index is 13.0. The van der Waals surface area contributed by atoms with Gasteiger partial charge in [-0.05, 0) is 54.4 Å². The van der Waals surface area contributed by atoms with Gasteiger partial charge in [0.15, 0.2) is 12.4 Å². The average Bonchev–Trinajstić information content (AvgIpc) is 2.81. The monoisotopic (exact) mass is 449 g/mol. The summed E-state index contributed by atoms with van der Waals surface area (Å²) in [6, 6.07) is 16.9. The van der Waals surface area contributed by atoms with Crippen LogP contribution in [0.2, 0.25) is 0 Å². The van der Waals surface area contributed by atoms with E-state index in [0.717, 1.165) is 18.1 Å². The minimum Gasteiger partial charge on any atom is -0.452 e. The number of carbonyl (C=O) groups excluding carboxylic acids is 3. The summed E-state index contributed by atoms with van der Waals surface area (Å²) in [5, 5.41) is 2.65. The van der Waals surface area contributed by atoms with Gasteiger partial charge in [0.05, 0.1) is 15.4 Å². The topological polar surface area (TPSA) is 107 Å². The highest BCUT2D eigenvalue weighted by Gasteiger charge is 2.35. The Morgan fingerprint density at radius 2 is 1.66 bits per heavy atom. The number of hydrogen-bond donors (Lipinski definition) is 1. The number of sulfone groups is 1. The van der Waals surface area contributed by atoms with E-state index >= 15 is 0 Å². The molecule has 0 aromatic heterocycles. The molecule has 0 atom stereocenters. The van der Waals surface area contributed by atoms with Crippen LogP contribution in [-0.2, 0) is 25.8 Å². The number of amides is 1. The quantitative estimate of drug-likeness (QED) is 0.468. The van der Waals surface area contributed by atoms with Gasteiger partial charge in [-0.25, -0.2) is 13.2 Å². The molecule has 0 aliphatic carbocycles. The largest absolute Gasteiger partial charge is 0.452 e. The lowest BCUT2D eigenvalue weighted by molar-refractivity contribution is -0.119. The molecular formula is C24H19NO6S. The number of rotatable bonds is 5.